The first kappa shape index (κ1) is 16.0. The van der Waals surface area contributed by atoms with Crippen molar-refractivity contribution in [3.63, 3.8) is 0 Å². The van der Waals surface area contributed by atoms with E-state index in [0.717, 1.165) is 19.3 Å². The van der Waals surface area contributed by atoms with Crippen molar-refractivity contribution in [1.82, 2.24) is 4.90 Å². The molecule has 1 aromatic rings. The number of hydrogen-bond acceptors (Lipinski definition) is 3. The van der Waals surface area contributed by atoms with Crippen LogP contribution in [0.1, 0.15) is 52.8 Å². The minimum Gasteiger partial charge on any atom is -0.481 e. The van der Waals surface area contributed by atoms with E-state index in [1.165, 1.54) is 24.3 Å². The highest BCUT2D eigenvalue weighted by Crippen LogP contribution is 2.23. The van der Waals surface area contributed by atoms with E-state index in [1.807, 2.05) is 0 Å². The Kier molecular flexibility index (Phi) is 5.14. The molecule has 1 fully saturated rings. The van der Waals surface area contributed by atoms with Crippen LogP contribution in [0.5, 0.6) is 0 Å². The largest absolute Gasteiger partial charge is 0.481 e. The fraction of sp³-hybridized carbons (Fsp3) is 0.438. The molecule has 6 heteroatoms. The maximum absolute atomic E-state index is 12.6. The minimum absolute atomic E-state index is 0.0480. The summed E-state index contributed by atoms with van der Waals surface area (Å²) in [6, 6.07) is 5.78. The summed E-state index contributed by atoms with van der Waals surface area (Å²) in [7, 11) is 0. The van der Waals surface area contributed by atoms with Crippen LogP contribution in [0.25, 0.3) is 0 Å². The monoisotopic (exact) mass is 305 g/mol. The predicted octanol–water partition coefficient (Wildman–Crippen LogP) is 2.24. The van der Waals surface area contributed by atoms with Crippen LogP contribution in [0.15, 0.2) is 24.3 Å². The first-order valence-electron chi connectivity index (χ1n) is 7.35. The van der Waals surface area contributed by atoms with Crippen LogP contribution < -0.4 is 0 Å². The number of amides is 1. The van der Waals surface area contributed by atoms with E-state index in [4.69, 9.17) is 10.2 Å². The van der Waals surface area contributed by atoms with Crippen molar-refractivity contribution >= 4 is 17.8 Å². The van der Waals surface area contributed by atoms with E-state index >= 15 is 0 Å². The summed E-state index contributed by atoms with van der Waals surface area (Å²) in [5, 5.41) is 17.7. The molecular formula is C16H19NO5. The Hall–Kier alpha value is -2.37. The molecule has 1 unspecified atom stereocenters. The van der Waals surface area contributed by atoms with Gasteiger partial charge in [-0.15, -0.1) is 0 Å². The molecule has 1 atom stereocenters. The number of carbonyl (C=O) groups excluding carboxylic acids is 1. The van der Waals surface area contributed by atoms with Crippen molar-refractivity contribution in [2.45, 2.75) is 38.1 Å². The van der Waals surface area contributed by atoms with Gasteiger partial charge in [-0.2, -0.15) is 0 Å². The molecule has 2 N–H and O–H groups in total. The van der Waals surface area contributed by atoms with Crippen LogP contribution in [0.3, 0.4) is 0 Å². The standard InChI is InChI=1S/C16H19NO5/c18-14(19)9-8-13-3-1-2-10-17(13)15(20)11-4-6-12(7-5-11)16(21)22/h4-7,13H,1-3,8-10H2,(H,18,19)(H,21,22). The van der Waals surface area contributed by atoms with Gasteiger partial charge in [0.15, 0.2) is 0 Å². The SMILES string of the molecule is O=C(O)CCC1CCCCN1C(=O)c1ccc(C(=O)O)cc1. The van der Waals surface area contributed by atoms with Crippen LogP contribution in [-0.4, -0.2) is 45.5 Å². The predicted molar refractivity (Wildman–Crippen MR) is 78.9 cm³/mol. The van der Waals surface area contributed by atoms with Crippen molar-refractivity contribution in [3.8, 4) is 0 Å². The summed E-state index contributed by atoms with van der Waals surface area (Å²) in [6.45, 7) is 0.615. The lowest BCUT2D eigenvalue weighted by Gasteiger charge is -2.35. The molecule has 118 valence electrons. The van der Waals surface area contributed by atoms with E-state index < -0.39 is 11.9 Å². The maximum atomic E-state index is 12.6. The van der Waals surface area contributed by atoms with Crippen molar-refractivity contribution in [2.75, 3.05) is 6.54 Å². The Morgan fingerprint density at radius 2 is 1.68 bits per heavy atom. The summed E-state index contributed by atoms with van der Waals surface area (Å²) in [4.78, 5) is 35.9. The van der Waals surface area contributed by atoms with Crippen molar-refractivity contribution < 1.29 is 24.6 Å². The third kappa shape index (κ3) is 3.84. The smallest absolute Gasteiger partial charge is 0.335 e. The Labute approximate surface area is 128 Å². The molecule has 0 bridgehead atoms. The highest BCUT2D eigenvalue weighted by molar-refractivity contribution is 5.96. The Morgan fingerprint density at radius 3 is 2.27 bits per heavy atom. The maximum Gasteiger partial charge on any atom is 0.335 e. The number of rotatable bonds is 5. The quantitative estimate of drug-likeness (QED) is 0.870. The highest BCUT2D eigenvalue weighted by atomic mass is 16.4. The van der Waals surface area contributed by atoms with Gasteiger partial charge >= 0.3 is 11.9 Å². The summed E-state index contributed by atoms with van der Waals surface area (Å²) in [5.74, 6) is -2.05. The molecule has 2 rings (SSSR count). The molecule has 1 amide bonds. The Balaban J connectivity index is 2.10. The number of carbonyl (C=O) groups is 3. The van der Waals surface area contributed by atoms with Crippen molar-refractivity contribution in [1.29, 1.82) is 0 Å². The van der Waals surface area contributed by atoms with Crippen LogP contribution in [0.4, 0.5) is 0 Å². The van der Waals surface area contributed by atoms with Gasteiger partial charge in [-0.3, -0.25) is 9.59 Å². The number of piperidine rings is 1. The van der Waals surface area contributed by atoms with E-state index in [9.17, 15) is 14.4 Å². The molecule has 1 saturated heterocycles. The van der Waals surface area contributed by atoms with E-state index in [0.29, 0.717) is 18.5 Å². The number of aromatic carboxylic acids is 1. The number of hydrogen-bond donors (Lipinski definition) is 2. The van der Waals surface area contributed by atoms with Gasteiger partial charge < -0.3 is 15.1 Å². The second-order valence-electron chi connectivity index (χ2n) is 5.46. The molecule has 6 nitrogen and oxygen atoms in total. The molecule has 0 spiro atoms. The lowest BCUT2D eigenvalue weighted by Crippen LogP contribution is -2.44. The normalized spacial score (nSPS) is 18.0. The minimum atomic E-state index is -1.03. The molecule has 0 saturated carbocycles. The Morgan fingerprint density at radius 1 is 1.05 bits per heavy atom. The average molecular weight is 305 g/mol. The van der Waals surface area contributed by atoms with Gasteiger partial charge in [0.1, 0.15) is 0 Å². The van der Waals surface area contributed by atoms with E-state index in [-0.39, 0.29) is 23.9 Å². The lowest BCUT2D eigenvalue weighted by molar-refractivity contribution is -0.137. The number of likely N-dealkylation sites (tertiary alicyclic amines) is 1. The van der Waals surface area contributed by atoms with Gasteiger partial charge in [0.2, 0.25) is 0 Å². The van der Waals surface area contributed by atoms with E-state index in [2.05, 4.69) is 0 Å². The number of carboxylic acids is 2. The summed E-state index contributed by atoms with van der Waals surface area (Å²) in [5.41, 5.74) is 0.574. The second kappa shape index (κ2) is 7.06. The van der Waals surface area contributed by atoms with Gasteiger partial charge in [0.05, 0.1) is 5.56 Å². The molecule has 0 radical (unpaired) electrons. The second-order valence-corrected chi connectivity index (χ2v) is 5.46. The zero-order valence-corrected chi connectivity index (χ0v) is 12.2. The van der Waals surface area contributed by atoms with Gasteiger partial charge in [0.25, 0.3) is 5.91 Å². The van der Waals surface area contributed by atoms with Crippen LogP contribution in [0, 0.1) is 0 Å². The molecule has 0 aromatic heterocycles. The Bertz CT molecular complexity index is 566. The van der Waals surface area contributed by atoms with Crippen LogP contribution in [0.2, 0.25) is 0 Å². The topological polar surface area (TPSA) is 94.9 Å². The van der Waals surface area contributed by atoms with Gasteiger partial charge in [0, 0.05) is 24.6 Å². The lowest BCUT2D eigenvalue weighted by atomic mass is 9.96. The molecule has 22 heavy (non-hydrogen) atoms. The molecule has 1 aliphatic heterocycles. The molecule has 1 heterocycles. The molecular weight excluding hydrogens is 286 g/mol. The van der Waals surface area contributed by atoms with Crippen molar-refractivity contribution in [2.24, 2.45) is 0 Å². The molecule has 1 aromatic carbocycles. The summed E-state index contributed by atoms with van der Waals surface area (Å²) >= 11 is 0. The zero-order chi connectivity index (χ0) is 16.1. The summed E-state index contributed by atoms with van der Waals surface area (Å²) in [6.07, 6.45) is 3.21. The number of benzene rings is 1. The molecule has 0 aliphatic carbocycles. The van der Waals surface area contributed by atoms with Crippen molar-refractivity contribution in [3.05, 3.63) is 35.4 Å². The van der Waals surface area contributed by atoms with Crippen LogP contribution >= 0.6 is 0 Å². The fourth-order valence-electron chi connectivity index (χ4n) is 2.78. The average Bonchev–Trinajstić information content (AvgIpc) is 2.52. The third-order valence-corrected chi connectivity index (χ3v) is 3.96. The highest BCUT2D eigenvalue weighted by Gasteiger charge is 2.27. The van der Waals surface area contributed by atoms with E-state index in [1.54, 1.807) is 4.90 Å². The first-order valence-corrected chi connectivity index (χ1v) is 7.35. The molecule has 1 aliphatic rings. The zero-order valence-electron chi connectivity index (χ0n) is 12.2. The first-order chi connectivity index (χ1) is 10.5. The number of nitrogens with zero attached hydrogens (tertiary/aromatic N) is 1. The van der Waals surface area contributed by atoms with Gasteiger partial charge in [-0.05, 0) is 49.9 Å². The van der Waals surface area contributed by atoms with Gasteiger partial charge in [-0.25, -0.2) is 4.79 Å². The number of aliphatic carboxylic acids is 1. The van der Waals surface area contributed by atoms with Gasteiger partial charge in [-0.1, -0.05) is 0 Å². The third-order valence-electron chi connectivity index (χ3n) is 3.96. The van der Waals surface area contributed by atoms with Crippen LogP contribution in [-0.2, 0) is 4.79 Å². The fourth-order valence-corrected chi connectivity index (χ4v) is 2.78. The summed E-state index contributed by atoms with van der Waals surface area (Å²) < 4.78 is 0. The number of carboxylic acid groups (broad SMARTS) is 2.